The summed E-state index contributed by atoms with van der Waals surface area (Å²) in [5.74, 6) is 0.0952. The van der Waals surface area contributed by atoms with Gasteiger partial charge in [0.15, 0.2) is 5.78 Å². The van der Waals surface area contributed by atoms with Crippen LogP contribution in [0.5, 0.6) is 0 Å². The summed E-state index contributed by atoms with van der Waals surface area (Å²) in [5.41, 5.74) is 2.75. The number of carbonyl (C=O) groups is 3. The third kappa shape index (κ3) is 4.01. The average Bonchev–Trinajstić information content (AvgIpc) is 3.39. The number of Topliss-reactive ketones (excluding diaryl/α,β-unsaturated/α-hetero) is 1. The van der Waals surface area contributed by atoms with E-state index in [0.29, 0.717) is 24.3 Å². The maximum Gasteiger partial charge on any atom is 0.244 e. The van der Waals surface area contributed by atoms with Crippen molar-refractivity contribution >= 4 is 17.6 Å². The number of likely N-dealkylation sites (tertiary alicyclic amines) is 2. The summed E-state index contributed by atoms with van der Waals surface area (Å²) in [6.07, 6.45) is 2.37. The zero-order valence-electron chi connectivity index (χ0n) is 18.6. The van der Waals surface area contributed by atoms with Gasteiger partial charge in [0.05, 0.1) is 16.7 Å². The number of aromatic nitrogens is 2. The molecule has 2 aliphatic rings. The van der Waals surface area contributed by atoms with Crippen molar-refractivity contribution in [2.24, 2.45) is 5.41 Å². The zero-order chi connectivity index (χ0) is 22.2. The minimum atomic E-state index is -0.439. The van der Waals surface area contributed by atoms with Gasteiger partial charge < -0.3 is 9.80 Å². The van der Waals surface area contributed by atoms with Crippen LogP contribution in [-0.4, -0.2) is 63.4 Å². The van der Waals surface area contributed by atoms with Gasteiger partial charge in [0.2, 0.25) is 11.8 Å². The van der Waals surface area contributed by atoms with E-state index >= 15 is 0 Å². The highest BCUT2D eigenvalue weighted by atomic mass is 16.2. The predicted octanol–water partition coefficient (Wildman–Crippen LogP) is 2.40. The summed E-state index contributed by atoms with van der Waals surface area (Å²) in [6, 6.07) is 10.2. The Bertz CT molecular complexity index is 1010. The molecular weight excluding hydrogens is 392 g/mol. The Labute approximate surface area is 183 Å². The van der Waals surface area contributed by atoms with Crippen LogP contribution in [-0.2, 0) is 22.6 Å². The van der Waals surface area contributed by atoms with E-state index < -0.39 is 5.41 Å². The fourth-order valence-corrected chi connectivity index (χ4v) is 5.07. The zero-order valence-corrected chi connectivity index (χ0v) is 18.6. The Morgan fingerprint density at radius 1 is 1.10 bits per heavy atom. The van der Waals surface area contributed by atoms with E-state index in [-0.39, 0.29) is 24.1 Å². The Morgan fingerprint density at radius 3 is 2.48 bits per heavy atom. The lowest BCUT2D eigenvalue weighted by Gasteiger charge is -2.24. The molecule has 2 aliphatic heterocycles. The maximum atomic E-state index is 13.2. The van der Waals surface area contributed by atoms with Gasteiger partial charge in [-0.05, 0) is 45.6 Å². The van der Waals surface area contributed by atoms with Crippen molar-refractivity contribution in [1.82, 2.24) is 19.6 Å². The van der Waals surface area contributed by atoms with Gasteiger partial charge in [-0.1, -0.05) is 30.3 Å². The van der Waals surface area contributed by atoms with Gasteiger partial charge in [-0.25, -0.2) is 0 Å². The average molecular weight is 423 g/mol. The molecule has 4 rings (SSSR count). The molecule has 7 heteroatoms. The van der Waals surface area contributed by atoms with Gasteiger partial charge in [-0.15, -0.1) is 0 Å². The van der Waals surface area contributed by atoms with E-state index in [1.165, 1.54) is 12.5 Å². The highest BCUT2D eigenvalue weighted by Gasteiger charge is 2.51. The Kier molecular flexibility index (Phi) is 5.69. The number of benzene rings is 1. The first kappa shape index (κ1) is 21.3. The summed E-state index contributed by atoms with van der Waals surface area (Å²) < 4.78 is 1.61. The first-order chi connectivity index (χ1) is 14.8. The van der Waals surface area contributed by atoms with E-state index in [1.54, 1.807) is 16.5 Å². The number of rotatable bonds is 6. The molecule has 1 spiro atoms. The Balaban J connectivity index is 1.37. The van der Waals surface area contributed by atoms with Gasteiger partial charge >= 0.3 is 0 Å². The number of amides is 2. The SMILES string of the molecule is CC(=O)c1c(C)nn(CC(=O)N2CCC3(CCN(CCc4ccccc4)C3=O)C2)c1C. The van der Waals surface area contributed by atoms with E-state index in [1.807, 2.05) is 30.0 Å². The maximum absolute atomic E-state index is 13.2. The first-order valence-electron chi connectivity index (χ1n) is 11.0. The molecule has 3 heterocycles. The number of hydrogen-bond acceptors (Lipinski definition) is 4. The fraction of sp³-hybridized carbons (Fsp3) is 0.500. The molecule has 7 nitrogen and oxygen atoms in total. The smallest absolute Gasteiger partial charge is 0.244 e. The lowest BCUT2D eigenvalue weighted by atomic mass is 9.85. The second-order valence-corrected chi connectivity index (χ2v) is 8.88. The Hall–Kier alpha value is -2.96. The van der Waals surface area contributed by atoms with Gasteiger partial charge in [0, 0.05) is 31.9 Å². The van der Waals surface area contributed by atoms with Crippen molar-refractivity contribution in [1.29, 1.82) is 0 Å². The predicted molar refractivity (Wildman–Crippen MR) is 117 cm³/mol. The third-order valence-electron chi connectivity index (χ3n) is 6.84. The van der Waals surface area contributed by atoms with Crippen molar-refractivity contribution < 1.29 is 14.4 Å². The van der Waals surface area contributed by atoms with E-state index in [4.69, 9.17) is 0 Å². The van der Waals surface area contributed by atoms with Crippen molar-refractivity contribution in [2.45, 2.75) is 46.6 Å². The molecule has 1 aromatic heterocycles. The van der Waals surface area contributed by atoms with Gasteiger partial charge in [0.1, 0.15) is 6.54 Å². The summed E-state index contributed by atoms with van der Waals surface area (Å²) in [4.78, 5) is 41.7. The summed E-state index contributed by atoms with van der Waals surface area (Å²) in [6.45, 7) is 7.77. The molecule has 1 atom stereocenters. The normalized spacial score (nSPS) is 20.8. The molecule has 0 N–H and O–H groups in total. The van der Waals surface area contributed by atoms with Gasteiger partial charge in [-0.2, -0.15) is 5.10 Å². The molecule has 164 valence electrons. The number of carbonyl (C=O) groups excluding carboxylic acids is 3. The third-order valence-corrected chi connectivity index (χ3v) is 6.84. The molecule has 0 radical (unpaired) electrons. The second kappa shape index (κ2) is 8.29. The molecule has 0 aliphatic carbocycles. The molecule has 0 saturated carbocycles. The van der Waals surface area contributed by atoms with Crippen LogP contribution in [0.3, 0.4) is 0 Å². The van der Waals surface area contributed by atoms with Crippen molar-refractivity contribution in [3.63, 3.8) is 0 Å². The molecule has 2 saturated heterocycles. The highest BCUT2D eigenvalue weighted by Crippen LogP contribution is 2.40. The monoisotopic (exact) mass is 422 g/mol. The van der Waals surface area contributed by atoms with Crippen molar-refractivity contribution in [3.05, 3.63) is 52.8 Å². The number of ketones is 1. The summed E-state index contributed by atoms with van der Waals surface area (Å²) in [5, 5.41) is 4.39. The van der Waals surface area contributed by atoms with Crippen LogP contribution in [0.25, 0.3) is 0 Å². The lowest BCUT2D eigenvalue weighted by molar-refractivity contribution is -0.136. The van der Waals surface area contributed by atoms with Crippen molar-refractivity contribution in [3.8, 4) is 0 Å². The second-order valence-electron chi connectivity index (χ2n) is 8.88. The van der Waals surface area contributed by atoms with Gasteiger partial charge in [0.25, 0.3) is 0 Å². The lowest BCUT2D eigenvalue weighted by Crippen LogP contribution is -2.39. The van der Waals surface area contributed by atoms with Crippen LogP contribution in [0.2, 0.25) is 0 Å². The molecule has 2 amide bonds. The number of nitrogens with zero attached hydrogens (tertiary/aromatic N) is 4. The molecule has 0 bridgehead atoms. The Morgan fingerprint density at radius 2 is 1.81 bits per heavy atom. The topological polar surface area (TPSA) is 75.5 Å². The first-order valence-corrected chi connectivity index (χ1v) is 11.0. The van der Waals surface area contributed by atoms with E-state index in [0.717, 1.165) is 38.0 Å². The van der Waals surface area contributed by atoms with Gasteiger partial charge in [-0.3, -0.25) is 19.1 Å². The van der Waals surface area contributed by atoms with Crippen LogP contribution in [0, 0.1) is 19.3 Å². The quantitative estimate of drug-likeness (QED) is 0.670. The number of hydrogen-bond donors (Lipinski definition) is 0. The molecule has 2 fully saturated rings. The molecule has 2 aromatic rings. The van der Waals surface area contributed by atoms with E-state index in [9.17, 15) is 14.4 Å². The van der Waals surface area contributed by atoms with Crippen LogP contribution < -0.4 is 0 Å². The van der Waals surface area contributed by atoms with Crippen LogP contribution in [0.4, 0.5) is 0 Å². The minimum Gasteiger partial charge on any atom is -0.342 e. The van der Waals surface area contributed by atoms with Crippen LogP contribution >= 0.6 is 0 Å². The molecular formula is C24H30N4O3. The largest absolute Gasteiger partial charge is 0.342 e. The highest BCUT2D eigenvalue weighted by molar-refractivity contribution is 5.96. The molecule has 1 aromatic carbocycles. The fourth-order valence-electron chi connectivity index (χ4n) is 5.07. The van der Waals surface area contributed by atoms with Crippen LogP contribution in [0.15, 0.2) is 30.3 Å². The van der Waals surface area contributed by atoms with Crippen LogP contribution in [0.1, 0.15) is 47.1 Å². The summed E-state index contributed by atoms with van der Waals surface area (Å²) in [7, 11) is 0. The summed E-state index contributed by atoms with van der Waals surface area (Å²) >= 11 is 0. The standard InChI is InChI=1S/C24H30N4O3/c1-17-22(19(3)29)18(2)28(25-17)15-21(30)27-14-11-24(16-27)10-13-26(23(24)31)12-9-20-7-5-4-6-8-20/h4-8H,9-16H2,1-3H3. The number of aryl methyl sites for hydroxylation is 1. The molecule has 31 heavy (non-hydrogen) atoms. The minimum absolute atomic E-state index is 0.0408. The van der Waals surface area contributed by atoms with E-state index in [2.05, 4.69) is 17.2 Å². The molecule has 1 unspecified atom stereocenters. The van der Waals surface area contributed by atoms with Crippen molar-refractivity contribution in [2.75, 3.05) is 26.2 Å².